The second-order valence-electron chi connectivity index (χ2n) is 5.58. The molecule has 0 unspecified atom stereocenters. The van der Waals surface area contributed by atoms with E-state index in [4.69, 9.17) is 4.74 Å². The molecule has 0 bridgehead atoms. The Labute approximate surface area is 125 Å². The predicted octanol–water partition coefficient (Wildman–Crippen LogP) is 3.49. The van der Waals surface area contributed by atoms with Crippen molar-refractivity contribution in [3.05, 3.63) is 35.4 Å². The fraction of sp³-hybridized carbons (Fsp3) is 0.529. The van der Waals surface area contributed by atoms with Crippen LogP contribution in [0.5, 0.6) is 0 Å². The fourth-order valence-electron chi connectivity index (χ4n) is 2.55. The number of alkyl carbamates (subject to hydrolysis) is 1. The van der Waals surface area contributed by atoms with E-state index >= 15 is 0 Å². The standard InChI is InChI=1S/C17H23NO3/c1-2-3-4-5-9-16(19)14-8-6-7-13(10-14)11-15-12-21-17(20)18-15/h6-8,10,15H,2-5,9,11-12H2,1H3,(H,18,20)/t15-/m0/s1. The van der Waals surface area contributed by atoms with E-state index in [0.29, 0.717) is 19.4 Å². The maximum absolute atomic E-state index is 12.2. The number of amides is 1. The summed E-state index contributed by atoms with van der Waals surface area (Å²) in [4.78, 5) is 23.2. The molecule has 0 aromatic heterocycles. The second-order valence-corrected chi connectivity index (χ2v) is 5.58. The molecule has 4 nitrogen and oxygen atoms in total. The van der Waals surface area contributed by atoms with Gasteiger partial charge < -0.3 is 10.1 Å². The van der Waals surface area contributed by atoms with Crippen LogP contribution in [0.1, 0.15) is 54.9 Å². The van der Waals surface area contributed by atoms with Crippen LogP contribution in [-0.2, 0) is 11.2 Å². The number of unbranched alkanes of at least 4 members (excludes halogenated alkanes) is 3. The Morgan fingerprint density at radius 2 is 2.19 bits per heavy atom. The normalized spacial score (nSPS) is 17.4. The average molecular weight is 289 g/mol. The minimum Gasteiger partial charge on any atom is -0.447 e. The summed E-state index contributed by atoms with van der Waals surface area (Å²) in [5.41, 5.74) is 1.83. The molecule has 1 aliphatic rings. The van der Waals surface area contributed by atoms with Crippen molar-refractivity contribution in [1.82, 2.24) is 5.32 Å². The van der Waals surface area contributed by atoms with Gasteiger partial charge in [0.1, 0.15) is 6.61 Å². The van der Waals surface area contributed by atoms with E-state index in [1.165, 1.54) is 12.8 Å². The Hall–Kier alpha value is -1.84. The summed E-state index contributed by atoms with van der Waals surface area (Å²) < 4.78 is 4.87. The summed E-state index contributed by atoms with van der Waals surface area (Å²) in [6, 6.07) is 7.71. The number of Topliss-reactive ketones (excluding diaryl/α,β-unsaturated/α-hetero) is 1. The molecule has 1 fully saturated rings. The van der Waals surface area contributed by atoms with Crippen molar-refractivity contribution in [2.24, 2.45) is 0 Å². The quantitative estimate of drug-likeness (QED) is 0.588. The zero-order valence-corrected chi connectivity index (χ0v) is 12.6. The van der Waals surface area contributed by atoms with Crippen molar-refractivity contribution in [1.29, 1.82) is 0 Å². The number of cyclic esters (lactones) is 1. The van der Waals surface area contributed by atoms with Gasteiger partial charge in [-0.05, 0) is 24.5 Å². The van der Waals surface area contributed by atoms with E-state index in [1.807, 2.05) is 24.3 Å². The number of benzene rings is 1. The molecule has 0 aliphatic carbocycles. The Bertz CT molecular complexity index is 499. The number of carbonyl (C=O) groups excluding carboxylic acids is 2. The van der Waals surface area contributed by atoms with E-state index in [1.54, 1.807) is 0 Å². The highest BCUT2D eigenvalue weighted by atomic mass is 16.6. The van der Waals surface area contributed by atoms with Gasteiger partial charge in [0.25, 0.3) is 0 Å². The first kappa shape index (κ1) is 15.5. The molecule has 4 heteroatoms. The van der Waals surface area contributed by atoms with Crippen molar-refractivity contribution in [3.63, 3.8) is 0 Å². The third kappa shape index (κ3) is 4.88. The number of hydrogen-bond donors (Lipinski definition) is 1. The molecule has 0 spiro atoms. The minimum absolute atomic E-state index is 0.00686. The Morgan fingerprint density at radius 3 is 2.90 bits per heavy atom. The summed E-state index contributed by atoms with van der Waals surface area (Å²) in [5.74, 6) is 0.208. The van der Waals surface area contributed by atoms with Crippen molar-refractivity contribution in [2.75, 3.05) is 6.61 Å². The highest BCUT2D eigenvalue weighted by Gasteiger charge is 2.22. The predicted molar refractivity (Wildman–Crippen MR) is 81.5 cm³/mol. The van der Waals surface area contributed by atoms with E-state index in [0.717, 1.165) is 24.0 Å². The van der Waals surface area contributed by atoms with Gasteiger partial charge in [-0.25, -0.2) is 4.79 Å². The van der Waals surface area contributed by atoms with Gasteiger partial charge in [-0.1, -0.05) is 44.4 Å². The van der Waals surface area contributed by atoms with Crippen molar-refractivity contribution in [2.45, 2.75) is 51.5 Å². The van der Waals surface area contributed by atoms with Crippen LogP contribution in [0, 0.1) is 0 Å². The fourth-order valence-corrected chi connectivity index (χ4v) is 2.55. The van der Waals surface area contributed by atoms with Crippen LogP contribution in [0.2, 0.25) is 0 Å². The van der Waals surface area contributed by atoms with Crippen molar-refractivity contribution in [3.8, 4) is 0 Å². The zero-order valence-electron chi connectivity index (χ0n) is 12.6. The number of rotatable bonds is 8. The van der Waals surface area contributed by atoms with Gasteiger partial charge in [0.05, 0.1) is 6.04 Å². The Morgan fingerprint density at radius 1 is 1.33 bits per heavy atom. The first-order chi connectivity index (χ1) is 10.2. The zero-order chi connectivity index (χ0) is 15.1. The summed E-state index contributed by atoms with van der Waals surface area (Å²) >= 11 is 0. The number of hydrogen-bond acceptors (Lipinski definition) is 3. The molecule has 114 valence electrons. The molecule has 0 radical (unpaired) electrons. The highest BCUT2D eigenvalue weighted by molar-refractivity contribution is 5.96. The lowest BCUT2D eigenvalue weighted by atomic mass is 9.99. The molecule has 1 amide bonds. The molecular weight excluding hydrogens is 266 g/mol. The van der Waals surface area contributed by atoms with E-state index < -0.39 is 0 Å². The smallest absolute Gasteiger partial charge is 0.407 e. The van der Waals surface area contributed by atoms with Gasteiger partial charge in [-0.3, -0.25) is 4.79 Å². The lowest BCUT2D eigenvalue weighted by molar-refractivity contribution is 0.0979. The molecule has 1 aliphatic heterocycles. The van der Waals surface area contributed by atoms with Gasteiger partial charge >= 0.3 is 6.09 Å². The van der Waals surface area contributed by atoms with E-state index in [2.05, 4.69) is 12.2 Å². The molecule has 1 N–H and O–H groups in total. The molecule has 1 heterocycles. The van der Waals surface area contributed by atoms with Crippen LogP contribution in [0.25, 0.3) is 0 Å². The number of nitrogens with one attached hydrogen (secondary N) is 1. The summed E-state index contributed by atoms with van der Waals surface area (Å²) in [5, 5.41) is 2.75. The lowest BCUT2D eigenvalue weighted by Gasteiger charge is -2.08. The number of ketones is 1. The first-order valence-corrected chi connectivity index (χ1v) is 7.74. The second kappa shape index (κ2) is 7.81. The molecule has 0 saturated carbocycles. The molecule has 21 heavy (non-hydrogen) atoms. The topological polar surface area (TPSA) is 55.4 Å². The monoisotopic (exact) mass is 289 g/mol. The van der Waals surface area contributed by atoms with Crippen molar-refractivity contribution >= 4 is 11.9 Å². The van der Waals surface area contributed by atoms with Crippen LogP contribution in [-0.4, -0.2) is 24.5 Å². The van der Waals surface area contributed by atoms with Gasteiger partial charge in [0.2, 0.25) is 0 Å². The van der Waals surface area contributed by atoms with Gasteiger partial charge in [-0.15, -0.1) is 0 Å². The van der Waals surface area contributed by atoms with Gasteiger partial charge in [0.15, 0.2) is 5.78 Å². The molecule has 2 rings (SSSR count). The first-order valence-electron chi connectivity index (χ1n) is 7.74. The molecule has 1 saturated heterocycles. The maximum Gasteiger partial charge on any atom is 0.407 e. The Balaban J connectivity index is 1.87. The third-order valence-electron chi connectivity index (χ3n) is 3.73. The number of ether oxygens (including phenoxy) is 1. The summed E-state index contributed by atoms with van der Waals surface area (Å²) in [7, 11) is 0. The molecular formula is C17H23NO3. The van der Waals surface area contributed by atoms with Crippen LogP contribution >= 0.6 is 0 Å². The number of carbonyl (C=O) groups is 2. The average Bonchev–Trinajstić information content (AvgIpc) is 2.89. The van der Waals surface area contributed by atoms with Crippen LogP contribution in [0.4, 0.5) is 4.79 Å². The third-order valence-corrected chi connectivity index (χ3v) is 3.73. The van der Waals surface area contributed by atoms with Crippen molar-refractivity contribution < 1.29 is 14.3 Å². The molecule has 1 aromatic rings. The largest absolute Gasteiger partial charge is 0.447 e. The van der Waals surface area contributed by atoms with Gasteiger partial charge in [-0.2, -0.15) is 0 Å². The molecule has 1 aromatic carbocycles. The van der Waals surface area contributed by atoms with E-state index in [-0.39, 0.29) is 17.9 Å². The van der Waals surface area contributed by atoms with Crippen LogP contribution in [0.3, 0.4) is 0 Å². The SMILES string of the molecule is CCCCCCC(=O)c1cccc(C[C@H]2COC(=O)N2)c1. The van der Waals surface area contributed by atoms with E-state index in [9.17, 15) is 9.59 Å². The summed E-state index contributed by atoms with van der Waals surface area (Å²) in [6.07, 6.45) is 5.41. The lowest BCUT2D eigenvalue weighted by Crippen LogP contribution is -2.28. The molecule has 1 atom stereocenters. The maximum atomic E-state index is 12.2. The van der Waals surface area contributed by atoms with Crippen LogP contribution in [0.15, 0.2) is 24.3 Å². The minimum atomic E-state index is -0.358. The Kier molecular flexibility index (Phi) is 5.78. The van der Waals surface area contributed by atoms with Gasteiger partial charge in [0, 0.05) is 12.0 Å². The van der Waals surface area contributed by atoms with Crippen LogP contribution < -0.4 is 5.32 Å². The summed E-state index contributed by atoms with van der Waals surface area (Å²) in [6.45, 7) is 2.56. The highest BCUT2D eigenvalue weighted by Crippen LogP contribution is 2.14.